The third-order valence-corrected chi connectivity index (χ3v) is 2.05. The molecule has 0 unspecified atom stereocenters. The van der Waals surface area contributed by atoms with Crippen molar-refractivity contribution in [3.8, 4) is 0 Å². The van der Waals surface area contributed by atoms with E-state index in [0.29, 0.717) is 12.5 Å². The van der Waals surface area contributed by atoms with Gasteiger partial charge in [-0.05, 0) is 0 Å². The number of nitrogens with zero attached hydrogens (tertiary/aromatic N) is 2. The van der Waals surface area contributed by atoms with Gasteiger partial charge < -0.3 is 19.9 Å². The van der Waals surface area contributed by atoms with Crippen LogP contribution in [0.2, 0.25) is 0 Å². The number of aromatic amines is 1. The molecule has 0 saturated carbocycles. The second-order valence-corrected chi connectivity index (χ2v) is 3.42. The second-order valence-electron chi connectivity index (χ2n) is 3.42. The molecule has 86 valence electrons. The number of epoxide rings is 1. The van der Waals surface area contributed by atoms with Crippen molar-refractivity contribution in [1.29, 1.82) is 0 Å². The minimum Gasteiger partial charge on any atom is -0.377 e. The predicted molar refractivity (Wildman–Crippen MR) is 56.4 cm³/mol. The van der Waals surface area contributed by atoms with E-state index in [2.05, 4.69) is 20.0 Å². The average molecular weight is 224 g/mol. The fourth-order valence-electron chi connectivity index (χ4n) is 1.19. The normalized spacial score (nSPS) is 16.8. The molecule has 1 aromatic heterocycles. The maximum Gasteiger partial charge on any atom is 0.275 e. The topological polar surface area (TPSA) is 90.6 Å². The second kappa shape index (κ2) is 4.31. The molecule has 0 bridgehead atoms. The van der Waals surface area contributed by atoms with Crippen LogP contribution in [0.25, 0.3) is 0 Å². The smallest absolute Gasteiger partial charge is 0.275 e. The predicted octanol–water partition coefficient (Wildman–Crippen LogP) is -1.08. The van der Waals surface area contributed by atoms with Crippen molar-refractivity contribution in [2.24, 2.45) is 0 Å². The van der Waals surface area contributed by atoms with Gasteiger partial charge in [0.1, 0.15) is 5.82 Å². The largest absolute Gasteiger partial charge is 0.377 e. The molecule has 0 radical (unpaired) electrons. The zero-order valence-electron chi connectivity index (χ0n) is 8.82. The summed E-state index contributed by atoms with van der Waals surface area (Å²) in [5.74, 6) is 0.209. The quantitative estimate of drug-likeness (QED) is 0.547. The number of hydrogen-bond donors (Lipinski definition) is 2. The van der Waals surface area contributed by atoms with Crippen molar-refractivity contribution in [2.45, 2.75) is 0 Å². The fraction of sp³-hybridized carbons (Fsp3) is 0.444. The van der Waals surface area contributed by atoms with Crippen LogP contribution in [0.1, 0.15) is 10.5 Å². The highest BCUT2D eigenvalue weighted by molar-refractivity contribution is 5.98. The van der Waals surface area contributed by atoms with Crippen LogP contribution in [0, 0.1) is 0 Å². The van der Waals surface area contributed by atoms with E-state index < -0.39 is 0 Å². The van der Waals surface area contributed by atoms with E-state index in [-0.39, 0.29) is 17.2 Å². The van der Waals surface area contributed by atoms with Crippen LogP contribution in [0.4, 0.5) is 5.82 Å². The summed E-state index contributed by atoms with van der Waals surface area (Å²) in [6.45, 7) is 2.38. The molecule has 3 heterocycles. The van der Waals surface area contributed by atoms with Gasteiger partial charge in [-0.1, -0.05) is 0 Å². The molecule has 2 aliphatic rings. The van der Waals surface area contributed by atoms with E-state index in [0.717, 1.165) is 19.4 Å². The summed E-state index contributed by atoms with van der Waals surface area (Å²) in [7, 11) is 1.76. The van der Waals surface area contributed by atoms with Crippen molar-refractivity contribution >= 4 is 11.7 Å². The lowest BCUT2D eigenvalue weighted by molar-refractivity contribution is 0.0942. The maximum atomic E-state index is 11.2. The van der Waals surface area contributed by atoms with Gasteiger partial charge in [0.2, 0.25) is 0 Å². The number of hydrogen-bond acceptors (Lipinski definition) is 5. The molecular formula is C9H12N4O3. The van der Waals surface area contributed by atoms with Crippen LogP contribution < -0.4 is 15.8 Å². The number of fused-ring (bicyclic) bond motifs is 1. The fourth-order valence-corrected chi connectivity index (χ4v) is 1.19. The molecule has 0 spiro atoms. The van der Waals surface area contributed by atoms with Gasteiger partial charge >= 0.3 is 0 Å². The first-order chi connectivity index (χ1) is 7.68. The first-order valence-corrected chi connectivity index (χ1v) is 4.85. The molecule has 2 N–H and O–H groups in total. The summed E-state index contributed by atoms with van der Waals surface area (Å²) in [5, 5.41) is 2.61. The van der Waals surface area contributed by atoms with Crippen LogP contribution in [0.5, 0.6) is 0 Å². The molecule has 1 fully saturated rings. The van der Waals surface area contributed by atoms with Gasteiger partial charge in [-0.15, -0.1) is 0 Å². The molecule has 16 heavy (non-hydrogen) atoms. The van der Waals surface area contributed by atoms with Crippen LogP contribution in [-0.2, 0) is 4.74 Å². The van der Waals surface area contributed by atoms with Gasteiger partial charge in [0.05, 0.1) is 26.1 Å². The maximum absolute atomic E-state index is 11.2. The zero-order chi connectivity index (χ0) is 11.5. The molecule has 0 atom stereocenters. The lowest BCUT2D eigenvalue weighted by Gasteiger charge is -2.25. The van der Waals surface area contributed by atoms with E-state index in [1.165, 1.54) is 0 Å². The van der Waals surface area contributed by atoms with Crippen LogP contribution in [0.15, 0.2) is 11.0 Å². The number of amides is 1. The first-order valence-electron chi connectivity index (χ1n) is 4.85. The van der Waals surface area contributed by atoms with Crippen molar-refractivity contribution in [2.75, 3.05) is 31.8 Å². The Labute approximate surface area is 91.4 Å². The number of ether oxygens (including phenoxy) is 1. The summed E-state index contributed by atoms with van der Waals surface area (Å²) in [6, 6.07) is 0. The molecular weight excluding hydrogens is 212 g/mol. The van der Waals surface area contributed by atoms with Crippen molar-refractivity contribution in [1.82, 2.24) is 15.3 Å². The van der Waals surface area contributed by atoms with Crippen LogP contribution >= 0.6 is 0 Å². The molecule has 0 aliphatic carbocycles. The Morgan fingerprint density at radius 2 is 2.12 bits per heavy atom. The van der Waals surface area contributed by atoms with Gasteiger partial charge in [-0.2, -0.15) is 0 Å². The molecule has 0 aromatic carbocycles. The molecule has 3 rings (SSSR count). The highest BCUT2D eigenvalue weighted by Crippen LogP contribution is 2.13. The van der Waals surface area contributed by atoms with Crippen LogP contribution in [0.3, 0.4) is 0 Å². The number of anilines is 1. The molecule has 7 heteroatoms. The van der Waals surface area contributed by atoms with E-state index in [1.807, 2.05) is 0 Å². The Kier molecular flexibility index (Phi) is 2.86. The number of carbonyl (C=O) groups is 1. The summed E-state index contributed by atoms with van der Waals surface area (Å²) >= 11 is 0. The standard InChI is InChI=1S/C7H8N4O2.C2H4O/c1-11-3-9-7(13)5-6(11)10-4(12)2-8-5;1-2-3-1/h2H,3H2,1H3,(H,9,13)(H,10,12);1-2H2. The summed E-state index contributed by atoms with van der Waals surface area (Å²) < 4.78 is 4.50. The Morgan fingerprint density at radius 1 is 1.44 bits per heavy atom. The van der Waals surface area contributed by atoms with E-state index in [1.54, 1.807) is 11.9 Å². The van der Waals surface area contributed by atoms with Gasteiger partial charge in [0.25, 0.3) is 11.5 Å². The highest BCUT2D eigenvalue weighted by atomic mass is 16.6. The van der Waals surface area contributed by atoms with Crippen molar-refractivity contribution < 1.29 is 9.53 Å². The zero-order valence-corrected chi connectivity index (χ0v) is 8.82. The Hall–Kier alpha value is -1.89. The van der Waals surface area contributed by atoms with Gasteiger partial charge in [0, 0.05) is 7.05 Å². The van der Waals surface area contributed by atoms with Crippen molar-refractivity contribution in [3.63, 3.8) is 0 Å². The molecule has 1 amide bonds. The van der Waals surface area contributed by atoms with Gasteiger partial charge in [0.15, 0.2) is 5.69 Å². The highest BCUT2D eigenvalue weighted by Gasteiger charge is 2.21. The lowest BCUT2D eigenvalue weighted by atomic mass is 10.3. The van der Waals surface area contributed by atoms with E-state index in [4.69, 9.17) is 0 Å². The minimum atomic E-state index is -0.305. The summed E-state index contributed by atoms with van der Waals surface area (Å²) in [5.41, 5.74) is -0.0475. The summed E-state index contributed by atoms with van der Waals surface area (Å²) in [4.78, 5) is 30.2. The molecule has 7 nitrogen and oxygen atoms in total. The average Bonchev–Trinajstić information content (AvgIpc) is 3.11. The third-order valence-electron chi connectivity index (χ3n) is 2.05. The lowest BCUT2D eigenvalue weighted by Crippen LogP contribution is -2.43. The molecule has 1 saturated heterocycles. The number of aromatic nitrogens is 2. The number of nitrogens with one attached hydrogen (secondary N) is 2. The molecule has 2 aliphatic heterocycles. The van der Waals surface area contributed by atoms with Crippen LogP contribution in [-0.4, -0.2) is 42.8 Å². The third kappa shape index (κ3) is 2.37. The van der Waals surface area contributed by atoms with E-state index >= 15 is 0 Å². The van der Waals surface area contributed by atoms with E-state index in [9.17, 15) is 9.59 Å². The Balaban J connectivity index is 0.000000278. The minimum absolute atomic E-state index is 0.258. The Bertz CT molecular complexity index is 452. The first kappa shape index (κ1) is 10.6. The van der Waals surface area contributed by atoms with Gasteiger partial charge in [-0.3, -0.25) is 9.59 Å². The number of rotatable bonds is 0. The SMILES string of the molecule is C1CO1.CN1CNC(=O)c2ncc(=O)[nH]c21. The number of carbonyl (C=O) groups excluding carboxylic acids is 1. The molecule has 1 aromatic rings. The van der Waals surface area contributed by atoms with Crippen molar-refractivity contribution in [3.05, 3.63) is 22.2 Å². The summed E-state index contributed by atoms with van der Waals surface area (Å²) in [6.07, 6.45) is 1.09. The number of H-pyrrole nitrogens is 1. The monoisotopic (exact) mass is 224 g/mol. The Morgan fingerprint density at radius 3 is 2.75 bits per heavy atom. The van der Waals surface area contributed by atoms with Gasteiger partial charge in [-0.25, -0.2) is 4.98 Å².